The summed E-state index contributed by atoms with van der Waals surface area (Å²) in [5.74, 6) is 7.02. The van der Waals surface area contributed by atoms with Crippen LogP contribution in [0.2, 0.25) is 0 Å². The van der Waals surface area contributed by atoms with Gasteiger partial charge in [0.2, 0.25) is 0 Å². The highest BCUT2D eigenvalue weighted by atomic mass is 16.3. The zero-order valence-corrected chi connectivity index (χ0v) is 13.4. The first kappa shape index (κ1) is 14.8. The number of hydrogen-bond donors (Lipinski definition) is 2. The Morgan fingerprint density at radius 1 is 1.50 bits per heavy atom. The minimum absolute atomic E-state index is 0.118. The van der Waals surface area contributed by atoms with Gasteiger partial charge in [-0.05, 0) is 32.1 Å². The van der Waals surface area contributed by atoms with Crippen LogP contribution in [-0.2, 0) is 0 Å². The Morgan fingerprint density at radius 2 is 2.23 bits per heavy atom. The van der Waals surface area contributed by atoms with Crippen molar-refractivity contribution in [3.8, 4) is 11.8 Å². The zero-order valence-electron chi connectivity index (χ0n) is 13.4. The van der Waals surface area contributed by atoms with E-state index in [1.807, 2.05) is 6.92 Å². The van der Waals surface area contributed by atoms with E-state index in [4.69, 9.17) is 5.73 Å². The summed E-state index contributed by atoms with van der Waals surface area (Å²) in [6.45, 7) is 7.94. The fraction of sp³-hybridized carbons (Fsp3) is 0.562. The van der Waals surface area contributed by atoms with Crippen LogP contribution in [0.5, 0.6) is 0 Å². The summed E-state index contributed by atoms with van der Waals surface area (Å²) in [6, 6.07) is 0. The molecule has 2 unspecified atom stereocenters. The van der Waals surface area contributed by atoms with E-state index in [0.717, 1.165) is 12.8 Å². The van der Waals surface area contributed by atoms with E-state index in [0.29, 0.717) is 22.9 Å². The number of aromatic nitrogens is 4. The van der Waals surface area contributed by atoms with Crippen LogP contribution in [0.3, 0.4) is 0 Å². The van der Waals surface area contributed by atoms with Crippen molar-refractivity contribution in [3.63, 3.8) is 0 Å². The maximum Gasteiger partial charge on any atom is 0.254 e. The molecule has 0 bridgehead atoms. The predicted octanol–water partition coefficient (Wildman–Crippen LogP) is 1.55. The number of nitrogen functional groups attached to an aromatic ring is 1. The van der Waals surface area contributed by atoms with Crippen LogP contribution >= 0.6 is 0 Å². The first-order valence-corrected chi connectivity index (χ1v) is 7.44. The third kappa shape index (κ3) is 2.22. The highest BCUT2D eigenvalue weighted by Crippen LogP contribution is 2.51. The number of fused-ring (bicyclic) bond motifs is 1. The van der Waals surface area contributed by atoms with Gasteiger partial charge in [0.15, 0.2) is 0 Å². The molecule has 3 rings (SSSR count). The molecule has 1 saturated carbocycles. The highest BCUT2D eigenvalue weighted by Gasteiger charge is 2.48. The van der Waals surface area contributed by atoms with Gasteiger partial charge >= 0.3 is 0 Å². The second-order valence-electron chi connectivity index (χ2n) is 6.91. The molecule has 2 aromatic rings. The molecule has 1 aliphatic rings. The van der Waals surface area contributed by atoms with Gasteiger partial charge in [0.1, 0.15) is 17.7 Å². The Labute approximate surface area is 129 Å². The second-order valence-corrected chi connectivity index (χ2v) is 6.91. The largest absolute Gasteiger partial charge is 0.382 e. The van der Waals surface area contributed by atoms with Crippen LogP contribution in [0.1, 0.15) is 44.9 Å². The van der Waals surface area contributed by atoms with E-state index in [1.54, 1.807) is 6.92 Å². The van der Waals surface area contributed by atoms with Crippen LogP contribution in [0.25, 0.3) is 5.78 Å². The molecule has 1 fully saturated rings. The molecule has 0 spiro atoms. The molecule has 0 saturated heterocycles. The molecule has 6 heteroatoms. The maximum atomic E-state index is 10.7. The van der Waals surface area contributed by atoms with E-state index in [9.17, 15) is 5.11 Å². The van der Waals surface area contributed by atoms with Gasteiger partial charge in [-0.25, -0.2) is 4.98 Å². The third-order valence-corrected chi connectivity index (χ3v) is 4.78. The molecule has 0 radical (unpaired) electrons. The normalized spacial score (nSPS) is 22.5. The Balaban J connectivity index is 2.00. The molecule has 0 aromatic carbocycles. The smallest absolute Gasteiger partial charge is 0.254 e. The van der Waals surface area contributed by atoms with Gasteiger partial charge in [0.05, 0.1) is 11.3 Å². The van der Waals surface area contributed by atoms with E-state index >= 15 is 0 Å². The van der Waals surface area contributed by atoms with Crippen molar-refractivity contribution in [2.45, 2.75) is 46.1 Å². The van der Waals surface area contributed by atoms with Crippen LogP contribution in [-0.4, -0.2) is 30.3 Å². The lowest BCUT2D eigenvalue weighted by atomic mass is 9.57. The molecule has 2 atom stereocenters. The molecule has 22 heavy (non-hydrogen) atoms. The Kier molecular flexibility index (Phi) is 3.15. The van der Waals surface area contributed by atoms with Crippen molar-refractivity contribution in [1.82, 2.24) is 19.6 Å². The van der Waals surface area contributed by atoms with Gasteiger partial charge < -0.3 is 10.8 Å². The van der Waals surface area contributed by atoms with Crippen LogP contribution < -0.4 is 5.73 Å². The lowest BCUT2D eigenvalue weighted by Gasteiger charge is -2.50. The fourth-order valence-corrected chi connectivity index (χ4v) is 3.32. The molecule has 2 aromatic heterocycles. The van der Waals surface area contributed by atoms with Gasteiger partial charge in [-0.15, -0.1) is 0 Å². The van der Waals surface area contributed by atoms with Gasteiger partial charge in [0.25, 0.3) is 5.78 Å². The van der Waals surface area contributed by atoms with Crippen LogP contribution in [0, 0.1) is 30.1 Å². The summed E-state index contributed by atoms with van der Waals surface area (Å²) in [5, 5.41) is 14.8. The SMILES string of the molecule is Cc1nc2ncnn2c(N)c1C#CC(C)(O)C1CCC1(C)C. The van der Waals surface area contributed by atoms with Crippen molar-refractivity contribution in [1.29, 1.82) is 0 Å². The maximum absolute atomic E-state index is 10.7. The lowest BCUT2D eigenvalue weighted by molar-refractivity contribution is -0.0713. The quantitative estimate of drug-likeness (QED) is 0.780. The number of nitrogens with two attached hydrogens (primary N) is 1. The van der Waals surface area contributed by atoms with E-state index < -0.39 is 5.60 Å². The van der Waals surface area contributed by atoms with Crippen LogP contribution in [0.15, 0.2) is 6.33 Å². The summed E-state index contributed by atoms with van der Waals surface area (Å²) in [4.78, 5) is 8.35. The fourth-order valence-electron chi connectivity index (χ4n) is 3.32. The summed E-state index contributed by atoms with van der Waals surface area (Å²) in [5.41, 5.74) is 6.46. The Bertz CT molecular complexity index is 794. The summed E-state index contributed by atoms with van der Waals surface area (Å²) >= 11 is 0. The minimum Gasteiger partial charge on any atom is -0.382 e. The summed E-state index contributed by atoms with van der Waals surface area (Å²) < 4.78 is 1.46. The van der Waals surface area contributed by atoms with Crippen molar-refractivity contribution in [2.24, 2.45) is 11.3 Å². The molecular formula is C16H21N5O. The van der Waals surface area contributed by atoms with E-state index in [2.05, 4.69) is 40.8 Å². The minimum atomic E-state index is -1.04. The molecule has 6 nitrogen and oxygen atoms in total. The van der Waals surface area contributed by atoms with Crippen molar-refractivity contribution in [2.75, 3.05) is 5.73 Å². The number of anilines is 1. The number of rotatable bonds is 1. The number of aryl methyl sites for hydroxylation is 1. The van der Waals surface area contributed by atoms with Crippen molar-refractivity contribution in [3.05, 3.63) is 17.6 Å². The molecule has 2 heterocycles. The standard InChI is InChI=1S/C16H21N5O/c1-10-11(13(17)21-14(20-10)18-9-19-21)5-8-16(4,22)12-6-7-15(12,2)3/h9,12,22H,6-7,17H2,1-4H3. The van der Waals surface area contributed by atoms with Crippen molar-refractivity contribution >= 4 is 11.6 Å². The third-order valence-electron chi connectivity index (χ3n) is 4.78. The number of aliphatic hydroxyl groups is 1. The van der Waals surface area contributed by atoms with Crippen LogP contribution in [0.4, 0.5) is 5.82 Å². The molecule has 3 N–H and O–H groups in total. The predicted molar refractivity (Wildman–Crippen MR) is 83.9 cm³/mol. The Morgan fingerprint density at radius 3 is 2.82 bits per heavy atom. The first-order chi connectivity index (χ1) is 10.2. The van der Waals surface area contributed by atoms with Gasteiger partial charge in [-0.3, -0.25) is 0 Å². The average Bonchev–Trinajstić information content (AvgIpc) is 2.84. The molecule has 116 valence electrons. The van der Waals surface area contributed by atoms with Gasteiger partial charge in [0, 0.05) is 5.92 Å². The van der Waals surface area contributed by atoms with Crippen molar-refractivity contribution < 1.29 is 5.11 Å². The molecular weight excluding hydrogens is 278 g/mol. The lowest BCUT2D eigenvalue weighted by Crippen LogP contribution is -2.49. The highest BCUT2D eigenvalue weighted by molar-refractivity contribution is 5.57. The number of nitrogens with zero attached hydrogens (tertiary/aromatic N) is 4. The average molecular weight is 299 g/mol. The molecule has 0 amide bonds. The number of hydrogen-bond acceptors (Lipinski definition) is 5. The van der Waals surface area contributed by atoms with Gasteiger partial charge in [-0.1, -0.05) is 25.7 Å². The summed E-state index contributed by atoms with van der Waals surface area (Å²) in [7, 11) is 0. The molecule has 0 aliphatic heterocycles. The molecule has 1 aliphatic carbocycles. The second kappa shape index (κ2) is 4.68. The van der Waals surface area contributed by atoms with E-state index in [-0.39, 0.29) is 11.3 Å². The monoisotopic (exact) mass is 299 g/mol. The van der Waals surface area contributed by atoms with Gasteiger partial charge in [-0.2, -0.15) is 14.6 Å². The zero-order chi connectivity index (χ0) is 16.1. The first-order valence-electron chi connectivity index (χ1n) is 7.44. The topological polar surface area (TPSA) is 89.3 Å². The summed E-state index contributed by atoms with van der Waals surface area (Å²) in [6.07, 6.45) is 3.51. The van der Waals surface area contributed by atoms with E-state index in [1.165, 1.54) is 10.8 Å². The Hall–Kier alpha value is -2.13.